The van der Waals surface area contributed by atoms with Crippen molar-refractivity contribution in [1.82, 2.24) is 9.97 Å². The molecule has 1 aromatic carbocycles. The van der Waals surface area contributed by atoms with E-state index in [4.69, 9.17) is 9.68 Å². The van der Waals surface area contributed by atoms with Gasteiger partial charge in [-0.2, -0.15) is 5.26 Å². The van der Waals surface area contributed by atoms with Crippen molar-refractivity contribution in [2.24, 2.45) is 0 Å². The van der Waals surface area contributed by atoms with Crippen LogP contribution in [0.4, 0.5) is 5.82 Å². The zero-order valence-electron chi connectivity index (χ0n) is 11.2. The molecule has 0 atom stereocenters. The quantitative estimate of drug-likeness (QED) is 0.791. The Kier molecular flexibility index (Phi) is 3.61. The molecule has 0 saturated heterocycles. The van der Waals surface area contributed by atoms with Crippen LogP contribution in [-0.4, -0.2) is 9.97 Å². The highest BCUT2D eigenvalue weighted by molar-refractivity contribution is 5.52. The highest BCUT2D eigenvalue weighted by Crippen LogP contribution is 2.18. The van der Waals surface area contributed by atoms with E-state index in [-0.39, 0.29) is 0 Å². The van der Waals surface area contributed by atoms with Gasteiger partial charge in [-0.15, -0.1) is 0 Å². The maximum Gasteiger partial charge on any atom is 0.226 e. The molecule has 102 valence electrons. The Balaban J connectivity index is 1.66. The summed E-state index contributed by atoms with van der Waals surface area (Å²) < 4.78 is 5.46. The van der Waals surface area contributed by atoms with Crippen LogP contribution in [0.2, 0.25) is 0 Å². The third-order valence-electron chi connectivity index (χ3n) is 2.92. The van der Waals surface area contributed by atoms with Crippen LogP contribution >= 0.6 is 0 Å². The van der Waals surface area contributed by atoms with Gasteiger partial charge in [0.25, 0.3) is 0 Å². The molecule has 0 radical (unpaired) electrons. The van der Waals surface area contributed by atoms with Gasteiger partial charge in [-0.3, -0.25) is 0 Å². The standard InChI is InChI=1S/C16H12N4O/c17-8-12-6-7-15(18-9-12)19-10-14-11-21-16(20-14)13-4-2-1-3-5-13/h1-7,9,11H,10H2,(H,18,19). The summed E-state index contributed by atoms with van der Waals surface area (Å²) in [6.07, 6.45) is 3.15. The average molecular weight is 276 g/mol. The SMILES string of the molecule is N#Cc1ccc(NCc2coc(-c3ccccc3)n2)nc1. The van der Waals surface area contributed by atoms with E-state index in [0.29, 0.717) is 23.8 Å². The maximum absolute atomic E-state index is 8.71. The summed E-state index contributed by atoms with van der Waals surface area (Å²) in [6, 6.07) is 15.2. The number of hydrogen-bond acceptors (Lipinski definition) is 5. The molecule has 21 heavy (non-hydrogen) atoms. The lowest BCUT2D eigenvalue weighted by molar-refractivity contribution is 0.573. The molecule has 0 aliphatic rings. The first-order chi connectivity index (χ1) is 10.3. The van der Waals surface area contributed by atoms with Crippen LogP contribution < -0.4 is 5.32 Å². The maximum atomic E-state index is 8.71. The Morgan fingerprint density at radius 1 is 1.14 bits per heavy atom. The van der Waals surface area contributed by atoms with E-state index in [1.54, 1.807) is 18.4 Å². The number of benzene rings is 1. The van der Waals surface area contributed by atoms with Gasteiger partial charge in [0, 0.05) is 11.8 Å². The number of hydrogen-bond donors (Lipinski definition) is 1. The van der Waals surface area contributed by atoms with Gasteiger partial charge in [-0.1, -0.05) is 18.2 Å². The lowest BCUT2D eigenvalue weighted by Crippen LogP contribution is -2.01. The Morgan fingerprint density at radius 2 is 2.00 bits per heavy atom. The van der Waals surface area contributed by atoms with Crippen LogP contribution in [0.25, 0.3) is 11.5 Å². The van der Waals surface area contributed by atoms with Gasteiger partial charge >= 0.3 is 0 Å². The van der Waals surface area contributed by atoms with Crippen molar-refractivity contribution in [3.05, 3.63) is 66.2 Å². The van der Waals surface area contributed by atoms with E-state index in [1.807, 2.05) is 36.4 Å². The van der Waals surface area contributed by atoms with Crippen LogP contribution in [0.15, 0.2) is 59.3 Å². The monoisotopic (exact) mass is 276 g/mol. The summed E-state index contributed by atoms with van der Waals surface area (Å²) in [5.41, 5.74) is 2.27. The first-order valence-electron chi connectivity index (χ1n) is 6.45. The summed E-state index contributed by atoms with van der Waals surface area (Å²) in [5.74, 6) is 1.29. The van der Waals surface area contributed by atoms with Gasteiger partial charge in [0.15, 0.2) is 0 Å². The average Bonchev–Trinajstić information content (AvgIpc) is 3.03. The Labute approximate surface area is 121 Å². The summed E-state index contributed by atoms with van der Waals surface area (Å²) >= 11 is 0. The van der Waals surface area contributed by atoms with Crippen molar-refractivity contribution in [2.45, 2.75) is 6.54 Å². The van der Waals surface area contributed by atoms with E-state index in [2.05, 4.69) is 15.3 Å². The van der Waals surface area contributed by atoms with Gasteiger partial charge < -0.3 is 9.73 Å². The van der Waals surface area contributed by atoms with Crippen LogP contribution in [0.1, 0.15) is 11.3 Å². The molecule has 3 aromatic rings. The molecule has 0 aliphatic carbocycles. The lowest BCUT2D eigenvalue weighted by Gasteiger charge is -2.02. The topological polar surface area (TPSA) is 74.7 Å². The van der Waals surface area contributed by atoms with Crippen LogP contribution in [-0.2, 0) is 6.54 Å². The number of anilines is 1. The number of nitrogens with one attached hydrogen (secondary N) is 1. The van der Waals surface area contributed by atoms with Crippen molar-refractivity contribution in [1.29, 1.82) is 5.26 Å². The number of oxazole rings is 1. The molecule has 0 amide bonds. The smallest absolute Gasteiger partial charge is 0.226 e. The largest absolute Gasteiger partial charge is 0.444 e. The fourth-order valence-corrected chi connectivity index (χ4v) is 1.85. The minimum absolute atomic E-state index is 0.509. The number of nitrogens with zero attached hydrogens (tertiary/aromatic N) is 3. The molecule has 0 unspecified atom stereocenters. The first kappa shape index (κ1) is 12.9. The normalized spacial score (nSPS) is 10.0. The van der Waals surface area contributed by atoms with E-state index >= 15 is 0 Å². The summed E-state index contributed by atoms with van der Waals surface area (Å²) in [4.78, 5) is 8.56. The van der Waals surface area contributed by atoms with E-state index in [0.717, 1.165) is 11.3 Å². The van der Waals surface area contributed by atoms with Gasteiger partial charge in [0.2, 0.25) is 5.89 Å². The van der Waals surface area contributed by atoms with Crippen molar-refractivity contribution in [2.75, 3.05) is 5.32 Å². The highest BCUT2D eigenvalue weighted by Gasteiger charge is 2.06. The van der Waals surface area contributed by atoms with E-state index in [9.17, 15) is 0 Å². The highest BCUT2D eigenvalue weighted by atomic mass is 16.3. The minimum atomic E-state index is 0.509. The second-order valence-electron chi connectivity index (χ2n) is 4.41. The molecule has 5 nitrogen and oxygen atoms in total. The molecular weight excluding hydrogens is 264 g/mol. The molecule has 0 bridgehead atoms. The number of rotatable bonds is 4. The molecule has 0 aliphatic heterocycles. The van der Waals surface area contributed by atoms with Crippen molar-refractivity contribution in [3.8, 4) is 17.5 Å². The first-order valence-corrected chi connectivity index (χ1v) is 6.45. The second-order valence-corrected chi connectivity index (χ2v) is 4.41. The molecule has 2 heterocycles. The van der Waals surface area contributed by atoms with Gasteiger partial charge in [-0.25, -0.2) is 9.97 Å². The Morgan fingerprint density at radius 3 is 2.71 bits per heavy atom. The fraction of sp³-hybridized carbons (Fsp3) is 0.0625. The number of nitriles is 1. The summed E-state index contributed by atoms with van der Waals surface area (Å²) in [5, 5.41) is 11.8. The molecule has 5 heteroatoms. The van der Waals surface area contributed by atoms with Crippen molar-refractivity contribution < 1.29 is 4.42 Å². The molecule has 0 spiro atoms. The Hall–Kier alpha value is -3.13. The molecular formula is C16H12N4O. The number of pyridine rings is 1. The van der Waals surface area contributed by atoms with Crippen LogP contribution in [0.5, 0.6) is 0 Å². The zero-order chi connectivity index (χ0) is 14.5. The van der Waals surface area contributed by atoms with Crippen molar-refractivity contribution in [3.63, 3.8) is 0 Å². The molecule has 1 N–H and O–H groups in total. The number of aromatic nitrogens is 2. The third-order valence-corrected chi connectivity index (χ3v) is 2.92. The molecule has 0 saturated carbocycles. The fourth-order valence-electron chi connectivity index (χ4n) is 1.85. The van der Waals surface area contributed by atoms with Crippen LogP contribution in [0, 0.1) is 11.3 Å². The molecule has 2 aromatic heterocycles. The third kappa shape index (κ3) is 3.07. The molecule has 3 rings (SSSR count). The van der Waals surface area contributed by atoms with Gasteiger partial charge in [-0.05, 0) is 24.3 Å². The predicted molar refractivity (Wildman–Crippen MR) is 78.2 cm³/mol. The summed E-state index contributed by atoms with van der Waals surface area (Å²) in [7, 11) is 0. The Bertz CT molecular complexity index is 757. The van der Waals surface area contributed by atoms with Gasteiger partial charge in [0.1, 0.15) is 18.2 Å². The lowest BCUT2D eigenvalue weighted by atomic mass is 10.2. The van der Waals surface area contributed by atoms with Crippen molar-refractivity contribution >= 4 is 5.82 Å². The minimum Gasteiger partial charge on any atom is -0.444 e. The zero-order valence-corrected chi connectivity index (χ0v) is 11.2. The summed E-state index contributed by atoms with van der Waals surface area (Å²) in [6.45, 7) is 0.509. The van der Waals surface area contributed by atoms with Crippen LogP contribution in [0.3, 0.4) is 0 Å². The van der Waals surface area contributed by atoms with Gasteiger partial charge in [0.05, 0.1) is 17.8 Å². The second kappa shape index (κ2) is 5.88. The molecule has 0 fully saturated rings. The van der Waals surface area contributed by atoms with E-state index < -0.39 is 0 Å². The predicted octanol–water partition coefficient (Wildman–Crippen LogP) is 3.22. The van der Waals surface area contributed by atoms with E-state index in [1.165, 1.54) is 6.20 Å².